The molecule has 34 heavy (non-hydrogen) atoms. The molecule has 1 amide bonds. The second-order valence-electron chi connectivity index (χ2n) is 7.84. The van der Waals surface area contributed by atoms with E-state index in [0.717, 1.165) is 33.9 Å². The number of benzene rings is 4. The zero-order valence-electron chi connectivity index (χ0n) is 18.1. The molecule has 3 nitrogen and oxygen atoms in total. The van der Waals surface area contributed by atoms with Gasteiger partial charge < -0.3 is 5.32 Å². The number of amides is 1. The molecule has 1 aliphatic rings. The monoisotopic (exact) mass is 482 g/mol. The lowest BCUT2D eigenvalue weighted by Crippen LogP contribution is -2.24. The van der Waals surface area contributed by atoms with E-state index < -0.39 is 0 Å². The Kier molecular flexibility index (Phi) is 6.22. The van der Waals surface area contributed by atoms with E-state index in [1.807, 2.05) is 97.1 Å². The van der Waals surface area contributed by atoms with Crippen LogP contribution in [0, 0.1) is 0 Å². The largest absolute Gasteiger partial charge is 0.356 e. The van der Waals surface area contributed by atoms with Crippen LogP contribution in [-0.4, -0.2) is 5.91 Å². The van der Waals surface area contributed by atoms with Gasteiger partial charge in [-0.3, -0.25) is 9.69 Å². The molecule has 0 aromatic heterocycles. The average Bonchev–Trinajstić information content (AvgIpc) is 3.18. The van der Waals surface area contributed by atoms with Gasteiger partial charge in [0.15, 0.2) is 0 Å². The van der Waals surface area contributed by atoms with Crippen molar-refractivity contribution in [3.63, 3.8) is 0 Å². The van der Waals surface area contributed by atoms with Gasteiger partial charge in [-0.05, 0) is 71.8 Å². The fraction of sp³-hybridized carbons (Fsp3) is 0. The number of para-hydroxylation sites is 1. The Balaban J connectivity index is 1.51. The van der Waals surface area contributed by atoms with Crippen LogP contribution in [0.2, 0.25) is 10.0 Å². The smallest absolute Gasteiger partial charge is 0.262 e. The highest BCUT2D eigenvalue weighted by Crippen LogP contribution is 2.36. The van der Waals surface area contributed by atoms with Gasteiger partial charge in [-0.15, -0.1) is 0 Å². The maximum absolute atomic E-state index is 13.6. The van der Waals surface area contributed by atoms with Gasteiger partial charge in [0.25, 0.3) is 5.91 Å². The second-order valence-corrected chi connectivity index (χ2v) is 8.68. The summed E-state index contributed by atoms with van der Waals surface area (Å²) in [5.41, 5.74) is 5.78. The van der Waals surface area contributed by atoms with Crippen molar-refractivity contribution >= 4 is 57.9 Å². The first-order chi connectivity index (χ1) is 16.6. The van der Waals surface area contributed by atoms with Crippen molar-refractivity contribution in [1.82, 2.24) is 0 Å². The number of anilines is 3. The molecule has 0 saturated carbocycles. The van der Waals surface area contributed by atoms with Crippen LogP contribution in [0.4, 0.5) is 17.1 Å². The summed E-state index contributed by atoms with van der Waals surface area (Å²) in [5, 5.41) is 4.42. The quantitative estimate of drug-likeness (QED) is 0.290. The molecule has 0 aliphatic carbocycles. The molecule has 0 fully saturated rings. The average molecular weight is 483 g/mol. The van der Waals surface area contributed by atoms with Crippen molar-refractivity contribution in [2.24, 2.45) is 0 Å². The first-order valence-corrected chi connectivity index (χ1v) is 11.5. The molecule has 4 aromatic carbocycles. The molecule has 1 heterocycles. The number of rotatable bonds is 5. The summed E-state index contributed by atoms with van der Waals surface area (Å²) in [6, 6.07) is 32.9. The standard InChI is InChI=1S/C29H20Cl2N2O/c30-23-12-11-21(27(31)19-23)17-22-18-28(20-7-3-1-4-8-20)33(29(22)34)26-15-13-25(14-16-26)32-24-9-5-2-6-10-24/h1-19,32H/b22-17+. The van der Waals surface area contributed by atoms with Gasteiger partial charge >= 0.3 is 0 Å². The number of halogens is 2. The molecule has 0 spiro atoms. The first-order valence-electron chi connectivity index (χ1n) is 10.8. The highest BCUT2D eigenvalue weighted by Gasteiger charge is 2.30. The Hall–Kier alpha value is -3.79. The minimum atomic E-state index is -0.117. The van der Waals surface area contributed by atoms with Crippen molar-refractivity contribution in [2.75, 3.05) is 10.2 Å². The third-order valence-corrected chi connectivity index (χ3v) is 6.08. The molecule has 0 saturated heterocycles. The molecule has 5 rings (SSSR count). The Labute approximate surface area is 208 Å². The van der Waals surface area contributed by atoms with Crippen molar-refractivity contribution in [3.8, 4) is 0 Å². The maximum atomic E-state index is 13.6. The van der Waals surface area contributed by atoms with E-state index in [1.54, 1.807) is 23.1 Å². The summed E-state index contributed by atoms with van der Waals surface area (Å²) >= 11 is 12.4. The molecule has 0 bridgehead atoms. The van der Waals surface area contributed by atoms with Crippen LogP contribution >= 0.6 is 23.2 Å². The van der Waals surface area contributed by atoms with E-state index in [4.69, 9.17) is 23.2 Å². The number of hydrogen-bond donors (Lipinski definition) is 1. The van der Waals surface area contributed by atoms with Crippen molar-refractivity contribution in [1.29, 1.82) is 0 Å². The minimum Gasteiger partial charge on any atom is -0.356 e. The first kappa shape index (κ1) is 22.0. The topological polar surface area (TPSA) is 32.3 Å². The SMILES string of the molecule is O=C1/C(=C/c2ccc(Cl)cc2Cl)C=C(c2ccccc2)N1c1ccc(Nc2ccccc2)cc1. The van der Waals surface area contributed by atoms with Crippen LogP contribution in [0.5, 0.6) is 0 Å². The Morgan fingerprint density at radius 2 is 1.38 bits per heavy atom. The zero-order chi connectivity index (χ0) is 23.5. The summed E-state index contributed by atoms with van der Waals surface area (Å²) in [7, 11) is 0. The van der Waals surface area contributed by atoms with Crippen LogP contribution in [0.15, 0.2) is 115 Å². The van der Waals surface area contributed by atoms with E-state index in [1.165, 1.54) is 0 Å². The van der Waals surface area contributed by atoms with Gasteiger partial charge in [-0.25, -0.2) is 0 Å². The van der Waals surface area contributed by atoms with Gasteiger partial charge in [0.2, 0.25) is 0 Å². The van der Waals surface area contributed by atoms with E-state index in [0.29, 0.717) is 15.6 Å². The molecule has 5 heteroatoms. The summed E-state index contributed by atoms with van der Waals surface area (Å²) in [6.07, 6.45) is 3.70. The molecule has 1 aliphatic heterocycles. The number of carbonyl (C=O) groups is 1. The fourth-order valence-corrected chi connectivity index (χ4v) is 4.32. The zero-order valence-corrected chi connectivity index (χ0v) is 19.6. The Morgan fingerprint density at radius 1 is 0.735 bits per heavy atom. The second kappa shape index (κ2) is 9.60. The maximum Gasteiger partial charge on any atom is 0.262 e. The molecule has 0 radical (unpaired) electrons. The van der Waals surface area contributed by atoms with Gasteiger partial charge in [-0.1, -0.05) is 77.8 Å². The van der Waals surface area contributed by atoms with Crippen LogP contribution in [0.25, 0.3) is 11.8 Å². The van der Waals surface area contributed by atoms with Crippen molar-refractivity contribution in [2.45, 2.75) is 0 Å². The van der Waals surface area contributed by atoms with Crippen LogP contribution in [0.1, 0.15) is 11.1 Å². The minimum absolute atomic E-state index is 0.117. The van der Waals surface area contributed by atoms with Crippen molar-refractivity contribution in [3.05, 3.63) is 136 Å². The van der Waals surface area contributed by atoms with Crippen LogP contribution in [-0.2, 0) is 4.79 Å². The number of carbonyl (C=O) groups excluding carboxylic acids is 1. The summed E-state index contributed by atoms with van der Waals surface area (Å²) in [4.78, 5) is 15.3. The third-order valence-electron chi connectivity index (χ3n) is 5.51. The molecule has 4 aromatic rings. The number of nitrogens with one attached hydrogen (secondary N) is 1. The predicted octanol–water partition coefficient (Wildman–Crippen LogP) is 8.21. The van der Waals surface area contributed by atoms with E-state index in [9.17, 15) is 4.79 Å². The molecular formula is C29H20Cl2N2O. The lowest BCUT2D eigenvalue weighted by atomic mass is 10.1. The third kappa shape index (κ3) is 4.62. The van der Waals surface area contributed by atoms with Gasteiger partial charge in [0.1, 0.15) is 0 Å². The van der Waals surface area contributed by atoms with Gasteiger partial charge in [0.05, 0.1) is 5.70 Å². The summed E-state index contributed by atoms with van der Waals surface area (Å²) in [6.45, 7) is 0. The highest BCUT2D eigenvalue weighted by atomic mass is 35.5. The number of nitrogens with zero attached hydrogens (tertiary/aromatic N) is 1. The molecule has 0 unspecified atom stereocenters. The molecule has 0 atom stereocenters. The van der Waals surface area contributed by atoms with Crippen molar-refractivity contribution < 1.29 is 4.79 Å². The Morgan fingerprint density at radius 3 is 2.06 bits per heavy atom. The van der Waals surface area contributed by atoms with E-state index in [-0.39, 0.29) is 5.91 Å². The van der Waals surface area contributed by atoms with Gasteiger partial charge in [-0.2, -0.15) is 0 Å². The van der Waals surface area contributed by atoms with E-state index in [2.05, 4.69) is 5.32 Å². The molecule has 1 N–H and O–H groups in total. The highest BCUT2D eigenvalue weighted by molar-refractivity contribution is 6.35. The Bertz CT molecular complexity index is 1400. The predicted molar refractivity (Wildman–Crippen MR) is 143 cm³/mol. The van der Waals surface area contributed by atoms with Crippen LogP contribution < -0.4 is 10.2 Å². The summed E-state index contributed by atoms with van der Waals surface area (Å²) in [5.74, 6) is -0.117. The van der Waals surface area contributed by atoms with Gasteiger partial charge in [0, 0.05) is 32.7 Å². The summed E-state index contributed by atoms with van der Waals surface area (Å²) < 4.78 is 0. The lowest BCUT2D eigenvalue weighted by Gasteiger charge is -2.21. The lowest BCUT2D eigenvalue weighted by molar-refractivity contribution is -0.113. The molecular weight excluding hydrogens is 463 g/mol. The molecule has 166 valence electrons. The van der Waals surface area contributed by atoms with E-state index >= 15 is 0 Å². The normalized spacial score (nSPS) is 14.4. The van der Waals surface area contributed by atoms with Crippen LogP contribution in [0.3, 0.4) is 0 Å². The number of hydrogen-bond acceptors (Lipinski definition) is 2. The fourth-order valence-electron chi connectivity index (χ4n) is 3.86.